The summed E-state index contributed by atoms with van der Waals surface area (Å²) < 4.78 is 5.78. The second-order valence-electron chi connectivity index (χ2n) is 6.98. The first-order valence-electron chi connectivity index (χ1n) is 9.33. The van der Waals surface area contributed by atoms with E-state index in [4.69, 9.17) is 4.74 Å². The van der Waals surface area contributed by atoms with Crippen molar-refractivity contribution in [1.29, 1.82) is 0 Å². The molecule has 0 fully saturated rings. The summed E-state index contributed by atoms with van der Waals surface area (Å²) >= 11 is 0. The summed E-state index contributed by atoms with van der Waals surface area (Å²) in [6, 6.07) is 17.2. The Morgan fingerprint density at radius 3 is 2.92 bits per heavy atom. The van der Waals surface area contributed by atoms with Crippen LogP contribution in [0.3, 0.4) is 0 Å². The molecule has 1 aliphatic rings. The molecule has 1 atom stereocenters. The molecule has 3 heteroatoms. The third-order valence-corrected chi connectivity index (χ3v) is 5.09. The summed E-state index contributed by atoms with van der Waals surface area (Å²) in [5, 5.41) is 5.14. The van der Waals surface area contributed by atoms with Gasteiger partial charge in [-0.2, -0.15) is 0 Å². The highest BCUT2D eigenvalue weighted by atomic mass is 16.5. The summed E-state index contributed by atoms with van der Waals surface area (Å²) in [7, 11) is 0. The predicted molar refractivity (Wildman–Crippen MR) is 103 cm³/mol. The number of aromatic nitrogens is 1. The van der Waals surface area contributed by atoms with Crippen molar-refractivity contribution in [1.82, 2.24) is 10.3 Å². The van der Waals surface area contributed by atoms with Gasteiger partial charge in [-0.05, 0) is 69.0 Å². The van der Waals surface area contributed by atoms with Gasteiger partial charge in [-0.25, -0.2) is 0 Å². The van der Waals surface area contributed by atoms with E-state index in [9.17, 15) is 0 Å². The van der Waals surface area contributed by atoms with Gasteiger partial charge in [0.2, 0.25) is 0 Å². The van der Waals surface area contributed by atoms with Crippen LogP contribution in [-0.4, -0.2) is 18.1 Å². The maximum atomic E-state index is 5.78. The monoisotopic (exact) mass is 334 g/mol. The summed E-state index contributed by atoms with van der Waals surface area (Å²) in [6.45, 7) is 3.90. The van der Waals surface area contributed by atoms with E-state index in [-0.39, 0.29) is 0 Å². The molecule has 0 saturated carbocycles. The fraction of sp³-hybridized carbons (Fsp3) is 0.364. The minimum absolute atomic E-state index is 0.438. The van der Waals surface area contributed by atoms with Crippen LogP contribution in [0.25, 0.3) is 10.9 Å². The molecule has 2 N–H and O–H groups in total. The Morgan fingerprint density at radius 2 is 2.04 bits per heavy atom. The van der Waals surface area contributed by atoms with Crippen LogP contribution in [0.5, 0.6) is 5.75 Å². The van der Waals surface area contributed by atoms with Crippen LogP contribution in [-0.2, 0) is 6.42 Å². The zero-order chi connectivity index (χ0) is 17.1. The minimum atomic E-state index is 0.438. The minimum Gasteiger partial charge on any atom is -0.494 e. The second-order valence-corrected chi connectivity index (χ2v) is 6.98. The number of aromatic amines is 1. The van der Waals surface area contributed by atoms with Crippen LogP contribution in [0.2, 0.25) is 0 Å². The number of para-hydroxylation sites is 1. The molecule has 3 nitrogen and oxygen atoms in total. The Kier molecular flexibility index (Phi) is 4.75. The molecule has 2 aromatic carbocycles. The molecule has 0 radical (unpaired) electrons. The Bertz CT molecular complexity index is 838. The highest BCUT2D eigenvalue weighted by molar-refractivity contribution is 5.85. The molecular weight excluding hydrogens is 308 g/mol. The molecule has 1 heterocycles. The molecule has 0 amide bonds. The number of benzene rings is 2. The standard InChI is InChI=1S/C22H26N2O/c1-16-11-12-20-19(15-16)18-9-5-10-21(22(18)24-20)23-13-6-14-25-17-7-3-2-4-8-17/h2-4,7-8,11-12,15,21,23-24H,5-6,9-10,13-14H2,1H3/t21-/m1/s1. The van der Waals surface area contributed by atoms with Crippen LogP contribution in [0.4, 0.5) is 0 Å². The third kappa shape index (κ3) is 3.57. The molecule has 0 saturated heterocycles. The maximum absolute atomic E-state index is 5.78. The van der Waals surface area contributed by atoms with E-state index in [0.29, 0.717) is 6.04 Å². The van der Waals surface area contributed by atoms with Crippen LogP contribution < -0.4 is 10.1 Å². The van der Waals surface area contributed by atoms with Gasteiger partial charge in [-0.15, -0.1) is 0 Å². The molecule has 1 aliphatic carbocycles. The van der Waals surface area contributed by atoms with Crippen molar-refractivity contribution in [2.75, 3.05) is 13.2 Å². The number of ether oxygens (including phenoxy) is 1. The van der Waals surface area contributed by atoms with Gasteiger partial charge in [-0.1, -0.05) is 29.8 Å². The SMILES string of the molecule is Cc1ccc2[nH]c3c(c2c1)CCC[C@H]3NCCCOc1ccccc1. The first-order valence-corrected chi connectivity index (χ1v) is 9.33. The van der Waals surface area contributed by atoms with Gasteiger partial charge >= 0.3 is 0 Å². The lowest BCUT2D eigenvalue weighted by atomic mass is 9.91. The Morgan fingerprint density at radius 1 is 1.16 bits per heavy atom. The molecule has 25 heavy (non-hydrogen) atoms. The number of hydrogen-bond acceptors (Lipinski definition) is 2. The van der Waals surface area contributed by atoms with Crippen LogP contribution >= 0.6 is 0 Å². The van der Waals surface area contributed by atoms with Crippen molar-refractivity contribution >= 4 is 10.9 Å². The lowest BCUT2D eigenvalue weighted by Crippen LogP contribution is -2.27. The number of H-pyrrole nitrogens is 1. The smallest absolute Gasteiger partial charge is 0.119 e. The summed E-state index contributed by atoms with van der Waals surface area (Å²) in [5.74, 6) is 0.952. The zero-order valence-corrected chi connectivity index (χ0v) is 14.8. The van der Waals surface area contributed by atoms with Crippen molar-refractivity contribution in [2.24, 2.45) is 0 Å². The fourth-order valence-corrected chi connectivity index (χ4v) is 3.84. The normalized spacial score (nSPS) is 16.8. The number of nitrogens with one attached hydrogen (secondary N) is 2. The van der Waals surface area contributed by atoms with E-state index in [0.717, 1.165) is 25.3 Å². The Hall–Kier alpha value is -2.26. The lowest BCUT2D eigenvalue weighted by molar-refractivity contribution is 0.302. The third-order valence-electron chi connectivity index (χ3n) is 5.09. The van der Waals surface area contributed by atoms with Crippen LogP contribution in [0, 0.1) is 6.92 Å². The first kappa shape index (κ1) is 16.2. The molecule has 130 valence electrons. The van der Waals surface area contributed by atoms with Crippen molar-refractivity contribution in [2.45, 2.75) is 38.6 Å². The van der Waals surface area contributed by atoms with Crippen molar-refractivity contribution in [3.63, 3.8) is 0 Å². The van der Waals surface area contributed by atoms with Crippen molar-refractivity contribution in [3.8, 4) is 5.75 Å². The van der Waals surface area contributed by atoms with Gasteiger partial charge < -0.3 is 15.0 Å². The second kappa shape index (κ2) is 7.32. The summed E-state index contributed by atoms with van der Waals surface area (Å²) in [5.41, 5.74) is 5.53. The number of fused-ring (bicyclic) bond motifs is 3. The van der Waals surface area contributed by atoms with Gasteiger partial charge in [0.25, 0.3) is 0 Å². The van der Waals surface area contributed by atoms with E-state index in [1.165, 1.54) is 47.0 Å². The van der Waals surface area contributed by atoms with E-state index < -0.39 is 0 Å². The molecule has 0 unspecified atom stereocenters. The van der Waals surface area contributed by atoms with E-state index in [2.05, 4.69) is 35.4 Å². The Labute approximate surface area is 149 Å². The van der Waals surface area contributed by atoms with Crippen LogP contribution in [0.1, 0.15) is 42.1 Å². The van der Waals surface area contributed by atoms with Gasteiger partial charge in [0.1, 0.15) is 5.75 Å². The topological polar surface area (TPSA) is 37.0 Å². The fourth-order valence-electron chi connectivity index (χ4n) is 3.84. The van der Waals surface area contributed by atoms with Crippen molar-refractivity contribution < 1.29 is 4.74 Å². The maximum Gasteiger partial charge on any atom is 0.119 e. The van der Waals surface area contributed by atoms with Gasteiger partial charge in [-0.3, -0.25) is 0 Å². The van der Waals surface area contributed by atoms with E-state index >= 15 is 0 Å². The van der Waals surface area contributed by atoms with E-state index in [1.54, 1.807) is 0 Å². The molecule has 0 spiro atoms. The molecule has 0 bridgehead atoms. The molecule has 3 aromatic rings. The lowest BCUT2D eigenvalue weighted by Gasteiger charge is -2.24. The number of aryl methyl sites for hydroxylation is 2. The number of rotatable bonds is 6. The van der Waals surface area contributed by atoms with Crippen molar-refractivity contribution in [3.05, 3.63) is 65.4 Å². The Balaban J connectivity index is 1.36. The summed E-state index contributed by atoms with van der Waals surface area (Å²) in [4.78, 5) is 3.67. The highest BCUT2D eigenvalue weighted by Crippen LogP contribution is 2.35. The average Bonchev–Trinajstić information content (AvgIpc) is 3.01. The molecule has 4 rings (SSSR count). The van der Waals surface area contributed by atoms with Gasteiger partial charge in [0, 0.05) is 22.6 Å². The van der Waals surface area contributed by atoms with Gasteiger partial charge in [0.05, 0.1) is 6.61 Å². The van der Waals surface area contributed by atoms with E-state index in [1.807, 2.05) is 30.3 Å². The molecular formula is C22H26N2O. The zero-order valence-electron chi connectivity index (χ0n) is 14.8. The van der Waals surface area contributed by atoms with Gasteiger partial charge in [0.15, 0.2) is 0 Å². The number of hydrogen-bond donors (Lipinski definition) is 2. The summed E-state index contributed by atoms with van der Waals surface area (Å²) in [6.07, 6.45) is 4.67. The average molecular weight is 334 g/mol. The quantitative estimate of drug-likeness (QED) is 0.628. The predicted octanol–water partition coefficient (Wildman–Crippen LogP) is 4.91. The molecule has 0 aliphatic heterocycles. The first-order chi connectivity index (χ1) is 12.3. The highest BCUT2D eigenvalue weighted by Gasteiger charge is 2.23. The largest absolute Gasteiger partial charge is 0.494 e. The molecule has 1 aromatic heterocycles. The van der Waals surface area contributed by atoms with Crippen LogP contribution in [0.15, 0.2) is 48.5 Å².